The summed E-state index contributed by atoms with van der Waals surface area (Å²) in [5.41, 5.74) is 2.51. The van der Waals surface area contributed by atoms with E-state index in [1.54, 1.807) is 6.92 Å². The number of hydrogen-bond acceptors (Lipinski definition) is 2. The van der Waals surface area contributed by atoms with Crippen molar-refractivity contribution in [2.45, 2.75) is 53.0 Å². The Balaban J connectivity index is 2.17. The second-order valence-corrected chi connectivity index (χ2v) is 7.99. The zero-order chi connectivity index (χ0) is 17.7. The lowest BCUT2D eigenvalue weighted by Gasteiger charge is -2.21. The van der Waals surface area contributed by atoms with E-state index in [0.29, 0.717) is 6.42 Å². The first-order valence-corrected chi connectivity index (χ1v) is 9.13. The lowest BCUT2D eigenvalue weighted by atomic mass is 9.85. The summed E-state index contributed by atoms with van der Waals surface area (Å²) in [6.07, 6.45) is 4.65. The fraction of sp³-hybridized carbons (Fsp3) is 0.474. The van der Waals surface area contributed by atoms with E-state index in [9.17, 15) is 4.79 Å². The predicted molar refractivity (Wildman–Crippen MR) is 101 cm³/mol. The Labute approximate surface area is 152 Å². The lowest BCUT2D eigenvalue weighted by Crippen LogP contribution is -2.28. The van der Waals surface area contributed by atoms with E-state index in [0.717, 1.165) is 34.4 Å². The van der Waals surface area contributed by atoms with Crippen molar-refractivity contribution in [3.8, 4) is 0 Å². The average molecular weight is 392 g/mol. The molecule has 0 aliphatic carbocycles. The van der Waals surface area contributed by atoms with Crippen LogP contribution in [0.3, 0.4) is 0 Å². The first kappa shape index (κ1) is 18.7. The standard InChI is InChI=1S/C19H26BrN3O/c1-5-19(3,4)11-16-12-21-18(23-16)17(22-13(2)24)10-14-6-8-15(20)9-7-14/h6-9,12,17H,5,10-11H2,1-4H3,(H,21,23)(H,22,24). The van der Waals surface area contributed by atoms with E-state index in [4.69, 9.17) is 0 Å². The summed E-state index contributed by atoms with van der Waals surface area (Å²) in [6, 6.07) is 7.99. The highest BCUT2D eigenvalue weighted by molar-refractivity contribution is 9.10. The highest BCUT2D eigenvalue weighted by Crippen LogP contribution is 2.25. The number of H-pyrrole nitrogens is 1. The highest BCUT2D eigenvalue weighted by Gasteiger charge is 2.20. The normalized spacial score (nSPS) is 12.9. The summed E-state index contributed by atoms with van der Waals surface area (Å²) in [5, 5.41) is 3.01. The van der Waals surface area contributed by atoms with Gasteiger partial charge in [0.1, 0.15) is 5.82 Å². The summed E-state index contributed by atoms with van der Waals surface area (Å²) in [5.74, 6) is 0.763. The van der Waals surface area contributed by atoms with Crippen molar-refractivity contribution in [2.75, 3.05) is 0 Å². The molecule has 130 valence electrons. The van der Waals surface area contributed by atoms with E-state index in [2.05, 4.69) is 64.1 Å². The first-order chi connectivity index (χ1) is 11.3. The molecule has 1 unspecified atom stereocenters. The molecule has 4 nitrogen and oxygen atoms in total. The molecule has 2 aromatic rings. The van der Waals surface area contributed by atoms with Gasteiger partial charge < -0.3 is 10.3 Å². The molecule has 0 aliphatic rings. The maximum atomic E-state index is 11.6. The maximum Gasteiger partial charge on any atom is 0.217 e. The van der Waals surface area contributed by atoms with Crippen LogP contribution in [-0.2, 0) is 17.6 Å². The van der Waals surface area contributed by atoms with Crippen LogP contribution in [0.4, 0.5) is 0 Å². The number of nitrogens with one attached hydrogen (secondary N) is 2. The lowest BCUT2D eigenvalue weighted by molar-refractivity contribution is -0.119. The summed E-state index contributed by atoms with van der Waals surface area (Å²) >= 11 is 3.45. The molecule has 0 aliphatic heterocycles. The van der Waals surface area contributed by atoms with Crippen LogP contribution in [0.1, 0.15) is 57.2 Å². The van der Waals surface area contributed by atoms with Gasteiger partial charge in [0.2, 0.25) is 5.91 Å². The molecular formula is C19H26BrN3O. The minimum Gasteiger partial charge on any atom is -0.346 e. The van der Waals surface area contributed by atoms with Crippen LogP contribution in [0.15, 0.2) is 34.9 Å². The zero-order valence-corrected chi connectivity index (χ0v) is 16.4. The number of carbonyl (C=O) groups excluding carboxylic acids is 1. The van der Waals surface area contributed by atoms with E-state index in [1.165, 1.54) is 0 Å². The minimum absolute atomic E-state index is 0.0519. The number of imidazole rings is 1. The van der Waals surface area contributed by atoms with Gasteiger partial charge in [0.05, 0.1) is 6.04 Å². The first-order valence-electron chi connectivity index (χ1n) is 8.34. The maximum absolute atomic E-state index is 11.6. The smallest absolute Gasteiger partial charge is 0.217 e. The van der Waals surface area contributed by atoms with Crippen LogP contribution >= 0.6 is 15.9 Å². The Morgan fingerprint density at radius 2 is 2.00 bits per heavy atom. The van der Waals surface area contributed by atoms with Crippen molar-refractivity contribution in [3.63, 3.8) is 0 Å². The quantitative estimate of drug-likeness (QED) is 0.725. The van der Waals surface area contributed by atoms with Gasteiger partial charge in [-0.1, -0.05) is 55.3 Å². The molecule has 0 spiro atoms. The van der Waals surface area contributed by atoms with Gasteiger partial charge in [0.15, 0.2) is 0 Å². The van der Waals surface area contributed by atoms with E-state index >= 15 is 0 Å². The largest absolute Gasteiger partial charge is 0.346 e. The average Bonchev–Trinajstić information content (AvgIpc) is 2.96. The Kier molecular flexibility index (Phi) is 6.21. The molecule has 0 radical (unpaired) electrons. The molecule has 1 aromatic heterocycles. The molecule has 2 rings (SSSR count). The molecular weight excluding hydrogens is 366 g/mol. The SMILES string of the molecule is CCC(C)(C)Cc1cnc(C(Cc2ccc(Br)cc2)NC(C)=O)[nH]1. The zero-order valence-electron chi connectivity index (χ0n) is 14.8. The number of rotatable bonds is 7. The number of hydrogen-bond donors (Lipinski definition) is 2. The Bertz CT molecular complexity index is 676. The van der Waals surface area contributed by atoms with Crippen LogP contribution in [0.2, 0.25) is 0 Å². The summed E-state index contributed by atoms with van der Waals surface area (Å²) in [4.78, 5) is 19.5. The summed E-state index contributed by atoms with van der Waals surface area (Å²) in [7, 11) is 0. The number of carbonyl (C=O) groups is 1. The third-order valence-electron chi connectivity index (χ3n) is 4.33. The van der Waals surface area contributed by atoms with Crippen molar-refractivity contribution in [1.29, 1.82) is 0 Å². The fourth-order valence-electron chi connectivity index (χ4n) is 2.60. The minimum atomic E-state index is -0.151. The Morgan fingerprint density at radius 1 is 1.33 bits per heavy atom. The van der Waals surface area contributed by atoms with Gasteiger partial charge in [-0.15, -0.1) is 0 Å². The number of aromatic amines is 1. The second kappa shape index (κ2) is 7.97. The molecule has 1 amide bonds. The van der Waals surface area contributed by atoms with Crippen molar-refractivity contribution < 1.29 is 4.79 Å². The molecule has 1 aromatic carbocycles. The molecule has 5 heteroatoms. The predicted octanol–water partition coefficient (Wildman–Crippen LogP) is 4.57. The molecule has 1 atom stereocenters. The summed E-state index contributed by atoms with van der Waals surface area (Å²) < 4.78 is 1.05. The van der Waals surface area contributed by atoms with Gasteiger partial charge in [0.25, 0.3) is 0 Å². The number of amides is 1. The third-order valence-corrected chi connectivity index (χ3v) is 4.86. The van der Waals surface area contributed by atoms with Crippen molar-refractivity contribution in [3.05, 3.63) is 52.0 Å². The van der Waals surface area contributed by atoms with Crippen LogP contribution in [0, 0.1) is 5.41 Å². The number of benzene rings is 1. The van der Waals surface area contributed by atoms with Crippen LogP contribution < -0.4 is 5.32 Å². The van der Waals surface area contributed by atoms with Gasteiger partial charge in [-0.25, -0.2) is 4.98 Å². The van der Waals surface area contributed by atoms with E-state index in [-0.39, 0.29) is 17.4 Å². The van der Waals surface area contributed by atoms with Crippen LogP contribution in [0.5, 0.6) is 0 Å². The van der Waals surface area contributed by atoms with Gasteiger partial charge in [0, 0.05) is 23.3 Å². The van der Waals surface area contributed by atoms with Gasteiger partial charge in [-0.3, -0.25) is 4.79 Å². The van der Waals surface area contributed by atoms with Gasteiger partial charge in [-0.2, -0.15) is 0 Å². The second-order valence-electron chi connectivity index (χ2n) is 7.07. The van der Waals surface area contributed by atoms with Gasteiger partial charge >= 0.3 is 0 Å². The Morgan fingerprint density at radius 3 is 2.58 bits per heavy atom. The monoisotopic (exact) mass is 391 g/mol. The molecule has 24 heavy (non-hydrogen) atoms. The molecule has 0 saturated heterocycles. The topological polar surface area (TPSA) is 57.8 Å². The van der Waals surface area contributed by atoms with E-state index < -0.39 is 0 Å². The third kappa shape index (κ3) is 5.48. The molecule has 2 N–H and O–H groups in total. The van der Waals surface area contributed by atoms with Crippen LogP contribution in [0.25, 0.3) is 0 Å². The number of halogens is 1. The fourth-order valence-corrected chi connectivity index (χ4v) is 2.87. The molecule has 0 saturated carbocycles. The van der Waals surface area contributed by atoms with Crippen molar-refractivity contribution in [1.82, 2.24) is 15.3 Å². The molecule has 0 fully saturated rings. The van der Waals surface area contributed by atoms with Crippen molar-refractivity contribution in [2.24, 2.45) is 5.41 Å². The van der Waals surface area contributed by atoms with Crippen molar-refractivity contribution >= 4 is 21.8 Å². The molecule has 0 bridgehead atoms. The van der Waals surface area contributed by atoms with E-state index in [1.807, 2.05) is 18.3 Å². The summed E-state index contributed by atoms with van der Waals surface area (Å²) in [6.45, 7) is 8.24. The number of aromatic nitrogens is 2. The Hall–Kier alpha value is -1.62. The molecule has 1 heterocycles. The highest BCUT2D eigenvalue weighted by atomic mass is 79.9. The van der Waals surface area contributed by atoms with Crippen LogP contribution in [-0.4, -0.2) is 15.9 Å². The number of nitrogens with zero attached hydrogens (tertiary/aromatic N) is 1. The van der Waals surface area contributed by atoms with Gasteiger partial charge in [-0.05, 0) is 36.0 Å².